The second kappa shape index (κ2) is 7.53. The lowest BCUT2D eigenvalue weighted by Crippen LogP contribution is -2.27. The van der Waals surface area contributed by atoms with Gasteiger partial charge in [-0.25, -0.2) is 9.59 Å². The van der Waals surface area contributed by atoms with Crippen LogP contribution in [-0.2, 0) is 19.1 Å². The molecule has 1 aromatic rings. The summed E-state index contributed by atoms with van der Waals surface area (Å²) < 4.78 is 9.35. The number of hydrogen-bond donors (Lipinski definition) is 1. The van der Waals surface area contributed by atoms with E-state index in [0.717, 1.165) is 7.11 Å². The minimum Gasteiger partial charge on any atom is -0.463 e. The summed E-state index contributed by atoms with van der Waals surface area (Å²) in [4.78, 5) is 45.8. The third kappa shape index (κ3) is 6.29. The molecular formula is C16H19NO6. The first kappa shape index (κ1) is 18.3. The van der Waals surface area contributed by atoms with Crippen molar-refractivity contribution >= 4 is 29.3 Å². The SMILES string of the molecule is COC(=O)C(=O)CC(=O)c1ccc(NC(=O)OC(C)(C)C)cc1. The highest BCUT2D eigenvalue weighted by molar-refractivity contribution is 6.38. The van der Waals surface area contributed by atoms with Crippen molar-refractivity contribution in [1.82, 2.24) is 0 Å². The Kier molecular flexibility index (Phi) is 6.01. The maximum Gasteiger partial charge on any atom is 0.412 e. The predicted molar refractivity (Wildman–Crippen MR) is 82.3 cm³/mol. The zero-order chi connectivity index (χ0) is 17.6. The van der Waals surface area contributed by atoms with Crippen molar-refractivity contribution < 1.29 is 28.7 Å². The largest absolute Gasteiger partial charge is 0.463 e. The molecule has 0 aromatic heterocycles. The summed E-state index contributed by atoms with van der Waals surface area (Å²) in [5.74, 6) is -2.47. The maximum absolute atomic E-state index is 11.9. The second-order valence-electron chi connectivity index (χ2n) is 5.72. The molecule has 0 heterocycles. The van der Waals surface area contributed by atoms with E-state index in [9.17, 15) is 19.2 Å². The Morgan fingerprint density at radius 1 is 1.04 bits per heavy atom. The van der Waals surface area contributed by atoms with Crippen LogP contribution in [0.5, 0.6) is 0 Å². The number of hydrogen-bond acceptors (Lipinski definition) is 6. The molecule has 0 aliphatic carbocycles. The van der Waals surface area contributed by atoms with E-state index >= 15 is 0 Å². The van der Waals surface area contributed by atoms with Crippen LogP contribution in [0.4, 0.5) is 10.5 Å². The molecule has 0 aliphatic heterocycles. The van der Waals surface area contributed by atoms with Gasteiger partial charge in [-0.3, -0.25) is 14.9 Å². The zero-order valence-corrected chi connectivity index (χ0v) is 13.5. The molecular weight excluding hydrogens is 302 g/mol. The summed E-state index contributed by atoms with van der Waals surface area (Å²) in [5, 5.41) is 2.52. The van der Waals surface area contributed by atoms with Crippen molar-refractivity contribution in [1.29, 1.82) is 0 Å². The van der Waals surface area contributed by atoms with Crippen LogP contribution in [0.25, 0.3) is 0 Å². The number of esters is 1. The highest BCUT2D eigenvalue weighted by Gasteiger charge is 2.20. The van der Waals surface area contributed by atoms with E-state index in [0.29, 0.717) is 5.69 Å². The molecule has 0 unspecified atom stereocenters. The van der Waals surface area contributed by atoms with E-state index in [4.69, 9.17) is 4.74 Å². The highest BCUT2D eigenvalue weighted by atomic mass is 16.6. The molecule has 0 spiro atoms. The Morgan fingerprint density at radius 2 is 1.61 bits per heavy atom. The zero-order valence-electron chi connectivity index (χ0n) is 13.5. The van der Waals surface area contributed by atoms with Gasteiger partial charge in [0.2, 0.25) is 5.78 Å². The minimum absolute atomic E-state index is 0.247. The monoisotopic (exact) mass is 321 g/mol. The first-order valence-corrected chi connectivity index (χ1v) is 6.87. The van der Waals surface area contributed by atoms with Gasteiger partial charge in [-0.1, -0.05) is 0 Å². The smallest absolute Gasteiger partial charge is 0.412 e. The van der Waals surface area contributed by atoms with E-state index in [1.165, 1.54) is 24.3 Å². The standard InChI is InChI=1S/C16H19NO6/c1-16(2,3)23-15(21)17-11-7-5-10(6-8-11)12(18)9-13(19)14(20)22-4/h5-8H,9H2,1-4H3,(H,17,21). The van der Waals surface area contributed by atoms with Gasteiger partial charge in [-0.15, -0.1) is 0 Å². The van der Waals surface area contributed by atoms with Gasteiger partial charge in [0.15, 0.2) is 5.78 Å². The number of nitrogens with one attached hydrogen (secondary N) is 1. The van der Waals surface area contributed by atoms with Gasteiger partial charge in [0.1, 0.15) is 5.60 Å². The first-order chi connectivity index (χ1) is 10.6. The molecule has 0 atom stereocenters. The number of benzene rings is 1. The Labute approximate surface area is 134 Å². The quantitative estimate of drug-likeness (QED) is 0.387. The van der Waals surface area contributed by atoms with Gasteiger partial charge >= 0.3 is 12.1 Å². The minimum atomic E-state index is -1.05. The summed E-state index contributed by atoms with van der Waals surface area (Å²) in [6.07, 6.45) is -1.18. The lowest BCUT2D eigenvalue weighted by Gasteiger charge is -2.19. The molecule has 1 amide bonds. The Morgan fingerprint density at radius 3 is 2.09 bits per heavy atom. The number of methoxy groups -OCH3 is 1. The molecule has 1 rings (SSSR count). The molecule has 0 bridgehead atoms. The summed E-state index contributed by atoms with van der Waals surface area (Å²) in [5.41, 5.74) is 0.0703. The van der Waals surface area contributed by atoms with Gasteiger partial charge in [-0.05, 0) is 45.0 Å². The molecule has 0 saturated carbocycles. The Balaban J connectivity index is 2.66. The fourth-order valence-corrected chi connectivity index (χ4v) is 1.59. The Bertz CT molecular complexity index is 612. The normalized spacial score (nSPS) is 10.6. The number of ketones is 2. The van der Waals surface area contributed by atoms with Crippen LogP contribution in [0, 0.1) is 0 Å². The van der Waals surface area contributed by atoms with Gasteiger partial charge in [0.05, 0.1) is 13.5 Å². The van der Waals surface area contributed by atoms with Crippen LogP contribution in [0.15, 0.2) is 24.3 Å². The van der Waals surface area contributed by atoms with Crippen LogP contribution in [0.2, 0.25) is 0 Å². The second-order valence-corrected chi connectivity index (χ2v) is 5.72. The number of ether oxygens (including phenoxy) is 2. The number of amides is 1. The van der Waals surface area contributed by atoms with Crippen LogP contribution in [0.3, 0.4) is 0 Å². The predicted octanol–water partition coefficient (Wildman–Crippen LogP) is 2.35. The summed E-state index contributed by atoms with van der Waals surface area (Å²) in [6.45, 7) is 5.23. The fourth-order valence-electron chi connectivity index (χ4n) is 1.59. The lowest BCUT2D eigenvalue weighted by atomic mass is 10.1. The molecule has 7 nitrogen and oxygen atoms in total. The van der Waals surface area contributed by atoms with Gasteiger partial charge < -0.3 is 9.47 Å². The molecule has 0 radical (unpaired) electrons. The van der Waals surface area contributed by atoms with Crippen LogP contribution in [0.1, 0.15) is 37.6 Å². The highest BCUT2D eigenvalue weighted by Crippen LogP contribution is 2.14. The van der Waals surface area contributed by atoms with Crippen LogP contribution in [-0.4, -0.2) is 36.3 Å². The maximum atomic E-state index is 11.9. The van der Waals surface area contributed by atoms with Gasteiger partial charge in [0, 0.05) is 11.3 Å². The number of Topliss-reactive ketones (excluding diaryl/α,β-unsaturated/α-hetero) is 2. The van der Waals surface area contributed by atoms with Crippen molar-refractivity contribution in [2.75, 3.05) is 12.4 Å². The van der Waals surface area contributed by atoms with Gasteiger partial charge in [0.25, 0.3) is 0 Å². The van der Waals surface area contributed by atoms with E-state index in [-0.39, 0.29) is 5.56 Å². The number of rotatable bonds is 5. The van der Waals surface area contributed by atoms with Crippen LogP contribution >= 0.6 is 0 Å². The van der Waals surface area contributed by atoms with Gasteiger partial charge in [-0.2, -0.15) is 0 Å². The molecule has 0 fully saturated rings. The molecule has 124 valence electrons. The third-order valence-corrected chi connectivity index (χ3v) is 2.59. The molecule has 0 aliphatic rings. The van der Waals surface area contributed by atoms with Crippen molar-refractivity contribution in [2.45, 2.75) is 32.8 Å². The number of anilines is 1. The molecule has 23 heavy (non-hydrogen) atoms. The van der Waals surface area contributed by atoms with E-state index < -0.39 is 35.7 Å². The van der Waals surface area contributed by atoms with Crippen LogP contribution < -0.4 is 5.32 Å². The fraction of sp³-hybridized carbons (Fsp3) is 0.375. The molecule has 1 N–H and O–H groups in total. The van der Waals surface area contributed by atoms with Crippen molar-refractivity contribution in [3.8, 4) is 0 Å². The van der Waals surface area contributed by atoms with E-state index in [1.807, 2.05) is 0 Å². The number of carbonyl (C=O) groups excluding carboxylic acids is 4. The first-order valence-electron chi connectivity index (χ1n) is 6.87. The third-order valence-electron chi connectivity index (χ3n) is 2.59. The average Bonchev–Trinajstić information content (AvgIpc) is 2.44. The molecule has 7 heteroatoms. The van der Waals surface area contributed by atoms with E-state index in [2.05, 4.69) is 10.1 Å². The lowest BCUT2D eigenvalue weighted by molar-refractivity contribution is -0.151. The van der Waals surface area contributed by atoms with Crippen molar-refractivity contribution in [3.05, 3.63) is 29.8 Å². The summed E-state index contributed by atoms with van der Waals surface area (Å²) in [6, 6.07) is 5.89. The molecule has 0 saturated heterocycles. The molecule has 1 aromatic carbocycles. The summed E-state index contributed by atoms with van der Waals surface area (Å²) >= 11 is 0. The Hall–Kier alpha value is -2.70. The topological polar surface area (TPSA) is 98.8 Å². The van der Waals surface area contributed by atoms with E-state index in [1.54, 1.807) is 20.8 Å². The summed E-state index contributed by atoms with van der Waals surface area (Å²) in [7, 11) is 1.07. The van der Waals surface area contributed by atoms with Crippen molar-refractivity contribution in [3.63, 3.8) is 0 Å². The average molecular weight is 321 g/mol. The van der Waals surface area contributed by atoms with Crippen molar-refractivity contribution in [2.24, 2.45) is 0 Å². The number of carbonyl (C=O) groups is 4.